The van der Waals surface area contributed by atoms with E-state index in [1.165, 1.54) is 11.8 Å². The summed E-state index contributed by atoms with van der Waals surface area (Å²) in [4.78, 5) is 21.2. The summed E-state index contributed by atoms with van der Waals surface area (Å²) in [6.07, 6.45) is 1.93. The smallest absolute Gasteiger partial charge is 0.272 e. The van der Waals surface area contributed by atoms with Crippen LogP contribution in [0.2, 0.25) is 0 Å². The van der Waals surface area contributed by atoms with Crippen LogP contribution in [-0.4, -0.2) is 34.5 Å². The van der Waals surface area contributed by atoms with Crippen molar-refractivity contribution in [2.75, 3.05) is 24.3 Å². The molecule has 1 amide bonds. The maximum absolute atomic E-state index is 14.3. The van der Waals surface area contributed by atoms with E-state index in [0.717, 1.165) is 23.3 Å². The Kier molecular flexibility index (Phi) is 5.88. The highest BCUT2D eigenvalue weighted by molar-refractivity contribution is 8.04. The van der Waals surface area contributed by atoms with Gasteiger partial charge >= 0.3 is 0 Å². The van der Waals surface area contributed by atoms with E-state index in [1.807, 2.05) is 19.9 Å². The number of carbonyl (C=O) groups is 1. The van der Waals surface area contributed by atoms with E-state index in [9.17, 15) is 18.0 Å². The summed E-state index contributed by atoms with van der Waals surface area (Å²) in [6.45, 7) is 4.36. The molecule has 35 heavy (non-hydrogen) atoms. The SMILES string of the molecule is CC1(C)CC(=O)Nc2nc(N=NC3SC(Cc4c(F)ccc(F)c4F)=C4COCC=C43)nc(N)c21. The molecule has 182 valence electrons. The Balaban J connectivity index is 1.43. The van der Waals surface area contributed by atoms with Gasteiger partial charge in [-0.2, -0.15) is 15.1 Å². The standard InChI is InChI=1S/C23H21F3N6O2S/c1-23(2)8-16(33)28-20-17(23)19(27)29-22(30-20)32-31-21-10-5-6-34-9-12(10)15(35-21)7-11-13(24)3-4-14(25)18(11)26/h3-5,21H,6-9H2,1-2H3,(H3,27,28,29,30,33). The second kappa shape index (κ2) is 8.76. The number of nitrogens with two attached hydrogens (primary N) is 1. The first kappa shape index (κ1) is 23.5. The minimum atomic E-state index is -1.21. The number of ether oxygens (including phenoxy) is 1. The summed E-state index contributed by atoms with van der Waals surface area (Å²) in [5, 5.41) is 10.7. The number of carbonyl (C=O) groups excluding carboxylic acids is 1. The van der Waals surface area contributed by atoms with Crippen LogP contribution in [-0.2, 0) is 21.4 Å². The molecule has 0 spiro atoms. The van der Waals surface area contributed by atoms with Crippen LogP contribution in [0.25, 0.3) is 0 Å². The van der Waals surface area contributed by atoms with Crippen LogP contribution < -0.4 is 11.1 Å². The van der Waals surface area contributed by atoms with Crippen molar-refractivity contribution in [2.24, 2.45) is 10.2 Å². The molecule has 1 unspecified atom stereocenters. The number of aromatic nitrogens is 2. The van der Waals surface area contributed by atoms with Crippen LogP contribution in [0.15, 0.2) is 44.5 Å². The number of nitrogens with zero attached hydrogens (tertiary/aromatic N) is 4. The van der Waals surface area contributed by atoms with Gasteiger partial charge in [-0.3, -0.25) is 4.79 Å². The number of anilines is 2. The topological polar surface area (TPSA) is 115 Å². The molecule has 2 aromatic rings. The zero-order valence-corrected chi connectivity index (χ0v) is 19.7. The first-order valence-corrected chi connectivity index (χ1v) is 11.7. The van der Waals surface area contributed by atoms with Gasteiger partial charge in [-0.25, -0.2) is 13.2 Å². The fourth-order valence-corrected chi connectivity index (χ4v) is 5.72. The van der Waals surface area contributed by atoms with Crippen LogP contribution in [0.5, 0.6) is 0 Å². The minimum absolute atomic E-state index is 0.0234. The molecule has 0 saturated carbocycles. The number of benzene rings is 1. The lowest BCUT2D eigenvalue weighted by molar-refractivity contribution is -0.117. The Morgan fingerprint density at radius 3 is 2.83 bits per heavy atom. The number of nitrogen functional groups attached to an aromatic ring is 1. The van der Waals surface area contributed by atoms with Crippen LogP contribution in [0.1, 0.15) is 31.4 Å². The Bertz CT molecular complexity index is 1340. The monoisotopic (exact) mass is 502 g/mol. The minimum Gasteiger partial charge on any atom is -0.383 e. The first-order chi connectivity index (χ1) is 16.6. The highest BCUT2D eigenvalue weighted by Gasteiger charge is 2.36. The number of halogens is 3. The molecule has 3 aliphatic rings. The van der Waals surface area contributed by atoms with Crippen molar-refractivity contribution >= 4 is 35.3 Å². The van der Waals surface area contributed by atoms with Gasteiger partial charge in [-0.1, -0.05) is 31.7 Å². The highest BCUT2D eigenvalue weighted by atomic mass is 32.2. The molecule has 4 heterocycles. The molecule has 1 aromatic carbocycles. The molecular weight excluding hydrogens is 481 g/mol. The second-order valence-electron chi connectivity index (χ2n) is 9.00. The third-order valence-corrected chi connectivity index (χ3v) is 7.31. The predicted octanol–water partition coefficient (Wildman–Crippen LogP) is 4.71. The number of fused-ring (bicyclic) bond motifs is 2. The Hall–Kier alpha value is -3.25. The lowest BCUT2D eigenvalue weighted by Gasteiger charge is -2.31. The summed E-state index contributed by atoms with van der Waals surface area (Å²) < 4.78 is 47.7. The molecule has 0 saturated heterocycles. The number of hydrogen-bond acceptors (Lipinski definition) is 8. The third-order valence-electron chi connectivity index (χ3n) is 6.06. The Morgan fingerprint density at radius 1 is 1.26 bits per heavy atom. The van der Waals surface area contributed by atoms with Crippen molar-refractivity contribution in [3.8, 4) is 0 Å². The van der Waals surface area contributed by atoms with Crippen molar-refractivity contribution in [2.45, 2.75) is 37.5 Å². The summed E-state index contributed by atoms with van der Waals surface area (Å²) in [5.41, 5.74) is 7.46. The van der Waals surface area contributed by atoms with Gasteiger partial charge in [0.2, 0.25) is 5.91 Å². The van der Waals surface area contributed by atoms with E-state index < -0.39 is 28.2 Å². The fourth-order valence-electron chi connectivity index (χ4n) is 4.44. The third kappa shape index (κ3) is 4.31. The maximum atomic E-state index is 14.3. The maximum Gasteiger partial charge on any atom is 0.272 e. The second-order valence-corrected chi connectivity index (χ2v) is 10.2. The van der Waals surface area contributed by atoms with Crippen molar-refractivity contribution in [1.29, 1.82) is 0 Å². The quantitative estimate of drug-likeness (QED) is 0.462. The zero-order chi connectivity index (χ0) is 24.9. The normalized spacial score (nSPS) is 21.1. The Morgan fingerprint density at radius 2 is 2.03 bits per heavy atom. The molecule has 0 aliphatic carbocycles. The van der Waals surface area contributed by atoms with E-state index in [2.05, 4.69) is 25.5 Å². The summed E-state index contributed by atoms with van der Waals surface area (Å²) in [6, 6.07) is 1.66. The summed E-state index contributed by atoms with van der Waals surface area (Å²) in [5.74, 6) is -2.85. The van der Waals surface area contributed by atoms with Gasteiger partial charge in [0.1, 0.15) is 22.8 Å². The molecule has 3 N–H and O–H groups in total. The molecule has 0 fully saturated rings. The van der Waals surface area contributed by atoms with Crippen LogP contribution in [0, 0.1) is 17.5 Å². The van der Waals surface area contributed by atoms with Gasteiger partial charge in [-0.05, 0) is 28.2 Å². The number of thioether (sulfide) groups is 1. The van der Waals surface area contributed by atoms with Crippen LogP contribution in [0.3, 0.4) is 0 Å². The molecule has 12 heteroatoms. The molecule has 5 rings (SSSR count). The Labute approximate surface area is 203 Å². The van der Waals surface area contributed by atoms with Gasteiger partial charge in [0, 0.05) is 29.4 Å². The summed E-state index contributed by atoms with van der Waals surface area (Å²) in [7, 11) is 0. The zero-order valence-electron chi connectivity index (χ0n) is 18.9. The molecule has 1 aromatic heterocycles. The van der Waals surface area contributed by atoms with Crippen LogP contribution in [0.4, 0.5) is 30.8 Å². The molecule has 8 nitrogen and oxygen atoms in total. The fraction of sp³-hybridized carbons (Fsp3) is 0.348. The lowest BCUT2D eigenvalue weighted by atomic mass is 9.79. The van der Waals surface area contributed by atoms with Crippen molar-refractivity contribution in [3.05, 3.63) is 62.8 Å². The van der Waals surface area contributed by atoms with Gasteiger partial charge in [0.25, 0.3) is 5.95 Å². The summed E-state index contributed by atoms with van der Waals surface area (Å²) >= 11 is 1.25. The van der Waals surface area contributed by atoms with Gasteiger partial charge in [0.05, 0.1) is 13.2 Å². The molecule has 1 atom stereocenters. The first-order valence-electron chi connectivity index (χ1n) is 10.8. The van der Waals surface area contributed by atoms with E-state index in [1.54, 1.807) is 0 Å². The van der Waals surface area contributed by atoms with E-state index in [-0.39, 0.29) is 42.7 Å². The van der Waals surface area contributed by atoms with Crippen molar-refractivity contribution in [3.63, 3.8) is 0 Å². The highest BCUT2D eigenvalue weighted by Crippen LogP contribution is 2.46. The molecule has 0 bridgehead atoms. The van der Waals surface area contributed by atoms with E-state index in [0.29, 0.717) is 22.9 Å². The largest absolute Gasteiger partial charge is 0.383 e. The van der Waals surface area contributed by atoms with Crippen molar-refractivity contribution in [1.82, 2.24) is 9.97 Å². The number of rotatable bonds is 4. The van der Waals surface area contributed by atoms with E-state index in [4.69, 9.17) is 10.5 Å². The lowest BCUT2D eigenvalue weighted by Crippen LogP contribution is -2.34. The number of nitrogens with one attached hydrogen (secondary N) is 1. The van der Waals surface area contributed by atoms with E-state index >= 15 is 0 Å². The number of azo groups is 1. The molecule has 0 radical (unpaired) electrons. The number of hydrogen-bond donors (Lipinski definition) is 2. The van der Waals surface area contributed by atoms with Gasteiger partial charge < -0.3 is 15.8 Å². The molecular formula is C23H21F3N6O2S. The molecule has 3 aliphatic heterocycles. The average Bonchev–Trinajstić information content (AvgIpc) is 3.14. The van der Waals surface area contributed by atoms with Gasteiger partial charge in [0.15, 0.2) is 11.6 Å². The van der Waals surface area contributed by atoms with Crippen molar-refractivity contribution < 1.29 is 22.7 Å². The average molecular weight is 503 g/mol. The van der Waals surface area contributed by atoms with Gasteiger partial charge in [-0.15, -0.1) is 5.11 Å². The van der Waals surface area contributed by atoms with Crippen LogP contribution >= 0.6 is 11.8 Å². The number of amides is 1. The predicted molar refractivity (Wildman–Crippen MR) is 125 cm³/mol. The number of allylic oxidation sites excluding steroid dienone is 1.